The molecule has 4 nitrogen and oxygen atoms in total. The number of halogens is 2. The van der Waals surface area contributed by atoms with E-state index in [-0.39, 0.29) is 24.4 Å². The van der Waals surface area contributed by atoms with Crippen LogP contribution in [0.15, 0.2) is 42.5 Å². The monoisotopic (exact) mass is 347 g/mol. The molecule has 1 heterocycles. The number of aliphatic hydroxyl groups excluding tert-OH is 1. The summed E-state index contributed by atoms with van der Waals surface area (Å²) in [5, 5.41) is 9.97. The number of methoxy groups -OCH3 is 1. The Labute approximate surface area is 144 Å². The maximum absolute atomic E-state index is 14.1. The molecule has 0 radical (unpaired) electrons. The largest absolute Gasteiger partial charge is 0.391 e. The van der Waals surface area contributed by atoms with E-state index in [2.05, 4.69) is 0 Å². The molecule has 0 bridgehead atoms. The van der Waals surface area contributed by atoms with Crippen molar-refractivity contribution in [3.63, 3.8) is 0 Å². The maximum atomic E-state index is 14.1. The molecule has 25 heavy (non-hydrogen) atoms. The average Bonchev–Trinajstić information content (AvgIpc) is 2.99. The van der Waals surface area contributed by atoms with E-state index in [0.717, 1.165) is 23.8 Å². The molecule has 1 saturated heterocycles. The van der Waals surface area contributed by atoms with Crippen molar-refractivity contribution in [2.75, 3.05) is 13.7 Å². The minimum absolute atomic E-state index is 0.0826. The Morgan fingerprint density at radius 3 is 2.64 bits per heavy atom. The Morgan fingerprint density at radius 2 is 1.96 bits per heavy atom. The third kappa shape index (κ3) is 3.70. The number of likely N-dealkylation sites (tertiary alicyclic amines) is 1. The predicted octanol–water partition coefficient (Wildman–Crippen LogP) is 3.06. The average molecular weight is 347 g/mol. The van der Waals surface area contributed by atoms with Gasteiger partial charge in [0.2, 0.25) is 0 Å². The van der Waals surface area contributed by atoms with Crippen LogP contribution in [0.25, 0.3) is 0 Å². The van der Waals surface area contributed by atoms with E-state index in [1.54, 1.807) is 31.4 Å². The number of hydrogen-bond acceptors (Lipinski definition) is 3. The number of carbonyl (C=O) groups is 1. The second-order valence-electron chi connectivity index (χ2n) is 6.16. The molecule has 3 rings (SSSR count). The Hall–Kier alpha value is -2.31. The quantitative estimate of drug-likeness (QED) is 0.925. The molecule has 1 N–H and O–H groups in total. The first-order valence-electron chi connectivity index (χ1n) is 8.01. The SMILES string of the molecule is COCc1ccc(C(=O)N2C[C@@H](O)C[C@@H]2c2cc(F)ccc2F)cc1. The standard InChI is InChI=1S/C19H19F2NO3/c1-25-11-12-2-4-13(5-3-12)19(24)22-10-15(23)9-18(22)16-8-14(20)6-7-17(16)21/h2-8,15,18,23H,9-11H2,1H3/t15-,18+/m0/s1. The molecule has 2 atom stereocenters. The zero-order chi connectivity index (χ0) is 18.0. The number of ether oxygens (including phenoxy) is 1. The normalized spacial score (nSPS) is 20.1. The van der Waals surface area contributed by atoms with E-state index in [1.165, 1.54) is 4.90 Å². The number of nitrogens with zero attached hydrogens (tertiary/aromatic N) is 1. The Kier molecular flexibility index (Phi) is 5.11. The van der Waals surface area contributed by atoms with Gasteiger partial charge in [0, 0.05) is 24.8 Å². The van der Waals surface area contributed by atoms with Crippen LogP contribution < -0.4 is 0 Å². The number of hydrogen-bond donors (Lipinski definition) is 1. The number of β-amino-alcohol motifs (C(OH)–C–C–N with tert-alkyl or cyclic N) is 1. The van der Waals surface area contributed by atoms with Gasteiger partial charge in [-0.2, -0.15) is 0 Å². The second kappa shape index (κ2) is 7.29. The van der Waals surface area contributed by atoms with E-state index in [0.29, 0.717) is 12.2 Å². The van der Waals surface area contributed by atoms with Crippen LogP contribution in [0.2, 0.25) is 0 Å². The highest BCUT2D eigenvalue weighted by Crippen LogP contribution is 2.35. The molecule has 6 heteroatoms. The Balaban J connectivity index is 1.88. The van der Waals surface area contributed by atoms with Crippen LogP contribution >= 0.6 is 0 Å². The lowest BCUT2D eigenvalue weighted by atomic mass is 10.0. The zero-order valence-corrected chi connectivity index (χ0v) is 13.8. The van der Waals surface area contributed by atoms with Gasteiger partial charge in [0.15, 0.2) is 0 Å². The van der Waals surface area contributed by atoms with E-state index in [9.17, 15) is 18.7 Å². The van der Waals surface area contributed by atoms with Gasteiger partial charge in [0.25, 0.3) is 5.91 Å². The first kappa shape index (κ1) is 17.5. The van der Waals surface area contributed by atoms with Crippen molar-refractivity contribution in [3.05, 3.63) is 70.8 Å². The molecule has 0 unspecified atom stereocenters. The molecule has 132 valence electrons. The lowest BCUT2D eigenvalue weighted by Crippen LogP contribution is -2.32. The highest BCUT2D eigenvalue weighted by atomic mass is 19.1. The van der Waals surface area contributed by atoms with E-state index >= 15 is 0 Å². The van der Waals surface area contributed by atoms with E-state index in [4.69, 9.17) is 4.74 Å². The summed E-state index contributed by atoms with van der Waals surface area (Å²) in [5.74, 6) is -1.49. The number of amides is 1. The van der Waals surface area contributed by atoms with Crippen LogP contribution in [0, 0.1) is 11.6 Å². The number of carbonyl (C=O) groups excluding carboxylic acids is 1. The summed E-state index contributed by atoms with van der Waals surface area (Å²) in [4.78, 5) is 14.2. The van der Waals surface area contributed by atoms with Crippen LogP contribution in [-0.2, 0) is 11.3 Å². The number of rotatable bonds is 4. The maximum Gasteiger partial charge on any atom is 0.254 e. The molecule has 0 spiro atoms. The van der Waals surface area contributed by atoms with Gasteiger partial charge < -0.3 is 14.7 Å². The molecule has 1 aliphatic heterocycles. The van der Waals surface area contributed by atoms with Crippen LogP contribution in [0.3, 0.4) is 0 Å². The van der Waals surface area contributed by atoms with Crippen molar-refractivity contribution in [2.24, 2.45) is 0 Å². The topological polar surface area (TPSA) is 49.8 Å². The molecule has 2 aromatic carbocycles. The van der Waals surface area contributed by atoms with Gasteiger partial charge in [-0.15, -0.1) is 0 Å². The van der Waals surface area contributed by atoms with Gasteiger partial charge in [-0.25, -0.2) is 8.78 Å². The highest BCUT2D eigenvalue weighted by molar-refractivity contribution is 5.94. The van der Waals surface area contributed by atoms with Crippen LogP contribution in [0.4, 0.5) is 8.78 Å². The van der Waals surface area contributed by atoms with E-state index < -0.39 is 23.8 Å². The summed E-state index contributed by atoms with van der Waals surface area (Å²) in [5.41, 5.74) is 1.44. The first-order chi connectivity index (χ1) is 12.0. The molecule has 2 aromatic rings. The van der Waals surface area contributed by atoms with Gasteiger partial charge in [-0.1, -0.05) is 12.1 Å². The summed E-state index contributed by atoms with van der Waals surface area (Å²) in [6, 6.07) is 9.35. The fourth-order valence-corrected chi connectivity index (χ4v) is 3.18. The molecule has 1 aliphatic rings. The summed E-state index contributed by atoms with van der Waals surface area (Å²) in [7, 11) is 1.59. The van der Waals surface area contributed by atoms with Gasteiger partial charge in [-0.3, -0.25) is 4.79 Å². The first-order valence-corrected chi connectivity index (χ1v) is 8.01. The predicted molar refractivity (Wildman–Crippen MR) is 87.9 cm³/mol. The minimum Gasteiger partial charge on any atom is -0.391 e. The van der Waals surface area contributed by atoms with Crippen LogP contribution in [0.1, 0.15) is 33.9 Å². The van der Waals surface area contributed by atoms with Crippen LogP contribution in [-0.4, -0.2) is 35.7 Å². The molecular formula is C19H19F2NO3. The Morgan fingerprint density at radius 1 is 1.24 bits per heavy atom. The summed E-state index contributed by atoms with van der Waals surface area (Å²) >= 11 is 0. The third-order valence-corrected chi connectivity index (χ3v) is 4.37. The van der Waals surface area contributed by atoms with Crippen molar-refractivity contribution in [2.45, 2.75) is 25.2 Å². The molecule has 0 aromatic heterocycles. The van der Waals surface area contributed by atoms with Gasteiger partial charge in [0.05, 0.1) is 18.8 Å². The summed E-state index contributed by atoms with van der Waals surface area (Å²) in [6.45, 7) is 0.521. The van der Waals surface area contributed by atoms with Crippen molar-refractivity contribution >= 4 is 5.91 Å². The zero-order valence-electron chi connectivity index (χ0n) is 13.8. The smallest absolute Gasteiger partial charge is 0.254 e. The van der Waals surface area contributed by atoms with Crippen LogP contribution in [0.5, 0.6) is 0 Å². The lowest BCUT2D eigenvalue weighted by Gasteiger charge is -2.25. The van der Waals surface area contributed by atoms with Crippen molar-refractivity contribution in [1.82, 2.24) is 4.90 Å². The fourth-order valence-electron chi connectivity index (χ4n) is 3.18. The highest BCUT2D eigenvalue weighted by Gasteiger charge is 2.37. The molecule has 1 fully saturated rings. The molecular weight excluding hydrogens is 328 g/mol. The summed E-state index contributed by atoms with van der Waals surface area (Å²) in [6.07, 6.45) is -0.599. The number of benzene rings is 2. The molecule has 0 aliphatic carbocycles. The third-order valence-electron chi connectivity index (χ3n) is 4.37. The molecule has 1 amide bonds. The van der Waals surface area contributed by atoms with Gasteiger partial charge >= 0.3 is 0 Å². The van der Waals surface area contributed by atoms with Gasteiger partial charge in [0.1, 0.15) is 11.6 Å². The number of aliphatic hydroxyl groups is 1. The minimum atomic E-state index is -0.774. The van der Waals surface area contributed by atoms with Crippen molar-refractivity contribution < 1.29 is 23.4 Å². The Bertz CT molecular complexity index is 764. The van der Waals surface area contributed by atoms with Crippen molar-refractivity contribution in [3.8, 4) is 0 Å². The molecule has 0 saturated carbocycles. The summed E-state index contributed by atoms with van der Waals surface area (Å²) < 4.78 is 32.7. The van der Waals surface area contributed by atoms with Gasteiger partial charge in [-0.05, 0) is 42.3 Å². The fraction of sp³-hybridized carbons (Fsp3) is 0.316. The van der Waals surface area contributed by atoms with Crippen molar-refractivity contribution in [1.29, 1.82) is 0 Å². The van der Waals surface area contributed by atoms with E-state index in [1.807, 2.05) is 0 Å². The second-order valence-corrected chi connectivity index (χ2v) is 6.16. The lowest BCUT2D eigenvalue weighted by molar-refractivity contribution is 0.0713.